The van der Waals surface area contributed by atoms with E-state index in [1.165, 1.54) is 6.92 Å². The number of fused-ring (bicyclic) bond motifs is 1. The van der Waals surface area contributed by atoms with E-state index in [0.717, 1.165) is 22.5 Å². The van der Waals surface area contributed by atoms with Crippen molar-refractivity contribution in [1.82, 2.24) is 20.0 Å². The van der Waals surface area contributed by atoms with E-state index in [1.54, 1.807) is 18.2 Å². The molecule has 2 atom stereocenters. The van der Waals surface area contributed by atoms with E-state index < -0.39 is 18.1 Å². The fourth-order valence-corrected chi connectivity index (χ4v) is 4.20. The molecule has 0 saturated heterocycles. The van der Waals surface area contributed by atoms with Crippen LogP contribution in [0.3, 0.4) is 0 Å². The van der Waals surface area contributed by atoms with Gasteiger partial charge in [0.15, 0.2) is 0 Å². The van der Waals surface area contributed by atoms with E-state index in [-0.39, 0.29) is 18.6 Å². The lowest BCUT2D eigenvalue weighted by atomic mass is 10.0. The van der Waals surface area contributed by atoms with Crippen molar-refractivity contribution in [3.8, 4) is 17.0 Å². The average molecular weight is 535 g/mol. The van der Waals surface area contributed by atoms with Crippen molar-refractivity contribution in [3.05, 3.63) is 89.2 Å². The van der Waals surface area contributed by atoms with Gasteiger partial charge in [-0.1, -0.05) is 41.9 Å². The van der Waals surface area contributed by atoms with Crippen LogP contribution in [0.1, 0.15) is 36.7 Å². The molecule has 0 aliphatic carbocycles. The first-order valence-electron chi connectivity index (χ1n) is 12.5. The van der Waals surface area contributed by atoms with Crippen molar-refractivity contribution in [2.45, 2.75) is 45.4 Å². The van der Waals surface area contributed by atoms with Gasteiger partial charge < -0.3 is 24.9 Å². The van der Waals surface area contributed by atoms with Crippen LogP contribution in [0.25, 0.3) is 16.9 Å². The third kappa shape index (κ3) is 6.90. The summed E-state index contributed by atoms with van der Waals surface area (Å²) in [6, 6.07) is 18.2. The van der Waals surface area contributed by atoms with E-state index in [1.807, 2.05) is 73.1 Å². The van der Waals surface area contributed by atoms with Crippen molar-refractivity contribution in [2.75, 3.05) is 6.54 Å². The van der Waals surface area contributed by atoms with Crippen LogP contribution in [0.15, 0.2) is 73.1 Å². The molecule has 0 spiro atoms. The van der Waals surface area contributed by atoms with Gasteiger partial charge in [-0.05, 0) is 63.1 Å². The molecule has 8 nitrogen and oxygen atoms in total. The number of amides is 2. The topological polar surface area (TPSA) is 105 Å². The molecule has 2 heterocycles. The molecule has 38 heavy (non-hydrogen) atoms. The molecule has 0 aliphatic rings. The van der Waals surface area contributed by atoms with E-state index in [2.05, 4.69) is 15.6 Å². The number of pyridine rings is 1. The highest BCUT2D eigenvalue weighted by Gasteiger charge is 2.18. The van der Waals surface area contributed by atoms with E-state index >= 15 is 0 Å². The number of hydrogen-bond acceptors (Lipinski definition) is 5. The maximum absolute atomic E-state index is 13.1. The Morgan fingerprint density at radius 3 is 2.50 bits per heavy atom. The van der Waals surface area contributed by atoms with Crippen molar-refractivity contribution < 1.29 is 19.4 Å². The van der Waals surface area contributed by atoms with Gasteiger partial charge in [-0.3, -0.25) is 9.59 Å². The first kappa shape index (κ1) is 27.2. The molecule has 0 saturated carbocycles. The molecular weight excluding hydrogens is 504 g/mol. The highest BCUT2D eigenvalue weighted by atomic mass is 35.5. The van der Waals surface area contributed by atoms with Crippen molar-refractivity contribution in [2.24, 2.45) is 0 Å². The lowest BCUT2D eigenvalue weighted by molar-refractivity contribution is -0.128. The number of hydrogen-bond donors (Lipinski definition) is 3. The van der Waals surface area contributed by atoms with Gasteiger partial charge in [-0.15, -0.1) is 0 Å². The number of carbonyl (C=O) groups is 2. The number of carbonyl (C=O) groups excluding carboxylic acids is 2. The quantitative estimate of drug-likeness (QED) is 0.282. The summed E-state index contributed by atoms with van der Waals surface area (Å²) in [7, 11) is 0. The number of ether oxygens (including phenoxy) is 1. The second-order valence-electron chi connectivity index (χ2n) is 9.40. The minimum atomic E-state index is -1.15. The molecule has 2 aromatic carbocycles. The summed E-state index contributed by atoms with van der Waals surface area (Å²) in [6.45, 7) is 5.33. The Kier molecular flexibility index (Phi) is 8.66. The summed E-state index contributed by atoms with van der Waals surface area (Å²) in [5.74, 6) is -0.338. The molecule has 0 radical (unpaired) electrons. The molecule has 0 aliphatic heterocycles. The van der Waals surface area contributed by atoms with Gasteiger partial charge in [-0.25, -0.2) is 4.98 Å². The fraction of sp³-hybridized carbons (Fsp3) is 0.276. The van der Waals surface area contributed by atoms with E-state index in [4.69, 9.17) is 16.3 Å². The number of nitrogens with one attached hydrogen (secondary N) is 2. The average Bonchev–Trinajstić information content (AvgIpc) is 3.32. The van der Waals surface area contributed by atoms with Gasteiger partial charge in [0.2, 0.25) is 5.91 Å². The second kappa shape index (κ2) is 12.1. The lowest BCUT2D eigenvalue weighted by Crippen LogP contribution is -2.46. The maximum Gasteiger partial charge on any atom is 0.251 e. The predicted molar refractivity (Wildman–Crippen MR) is 147 cm³/mol. The minimum Gasteiger partial charge on any atom is -0.489 e. The smallest absolute Gasteiger partial charge is 0.251 e. The zero-order chi connectivity index (χ0) is 27.2. The van der Waals surface area contributed by atoms with Gasteiger partial charge in [0.1, 0.15) is 17.5 Å². The molecule has 4 rings (SSSR count). The van der Waals surface area contributed by atoms with Crippen LogP contribution in [0.4, 0.5) is 0 Å². The number of imidazole rings is 1. The van der Waals surface area contributed by atoms with Gasteiger partial charge in [0.25, 0.3) is 5.91 Å². The summed E-state index contributed by atoms with van der Waals surface area (Å²) in [5.41, 5.74) is 4.04. The Labute approximate surface area is 226 Å². The van der Waals surface area contributed by atoms with Crippen LogP contribution in [0.5, 0.6) is 5.75 Å². The van der Waals surface area contributed by atoms with Crippen LogP contribution in [0, 0.1) is 0 Å². The molecule has 3 N–H and O–H groups in total. The van der Waals surface area contributed by atoms with Crippen molar-refractivity contribution >= 4 is 29.1 Å². The monoisotopic (exact) mass is 534 g/mol. The van der Waals surface area contributed by atoms with Gasteiger partial charge in [0.05, 0.1) is 22.9 Å². The van der Waals surface area contributed by atoms with Gasteiger partial charge in [-0.2, -0.15) is 0 Å². The summed E-state index contributed by atoms with van der Waals surface area (Å²) in [4.78, 5) is 29.7. The SMILES string of the molecule is CC(C)Oc1ccc(C(=O)N[C@H](CNC(=O)[C@@H](C)O)Cc2ccc(-c3cn4ccccc4n3)cc2)cc1Cl. The molecule has 0 fully saturated rings. The van der Waals surface area contributed by atoms with Crippen LogP contribution in [-0.2, 0) is 11.2 Å². The zero-order valence-electron chi connectivity index (χ0n) is 21.5. The Morgan fingerprint density at radius 2 is 1.84 bits per heavy atom. The van der Waals surface area contributed by atoms with Crippen LogP contribution in [0.2, 0.25) is 5.02 Å². The summed E-state index contributed by atoms with van der Waals surface area (Å²) >= 11 is 6.32. The maximum atomic E-state index is 13.1. The fourth-order valence-electron chi connectivity index (χ4n) is 3.98. The second-order valence-corrected chi connectivity index (χ2v) is 9.80. The number of aromatic nitrogens is 2. The lowest BCUT2D eigenvalue weighted by Gasteiger charge is -2.21. The normalized spacial score (nSPS) is 12.8. The first-order valence-corrected chi connectivity index (χ1v) is 12.8. The highest BCUT2D eigenvalue weighted by Crippen LogP contribution is 2.26. The largest absolute Gasteiger partial charge is 0.489 e. The molecule has 0 unspecified atom stereocenters. The number of benzene rings is 2. The number of nitrogens with zero attached hydrogens (tertiary/aromatic N) is 2. The summed E-state index contributed by atoms with van der Waals surface area (Å²) < 4.78 is 7.61. The summed E-state index contributed by atoms with van der Waals surface area (Å²) in [6.07, 6.45) is 3.19. The Bertz CT molecular complexity index is 1380. The molecule has 4 aromatic rings. The standard InChI is InChI=1S/C29H31ClN4O4/c1-18(2)38-26-12-11-22(15-24(26)30)29(37)32-23(16-31-28(36)19(3)35)14-20-7-9-21(10-8-20)25-17-34-13-5-4-6-27(34)33-25/h4-13,15,17-19,23,35H,14,16H2,1-3H3,(H,31,36)(H,32,37)/t19-,23+/m1/s1. The van der Waals surface area contributed by atoms with Gasteiger partial charge in [0, 0.05) is 30.1 Å². The van der Waals surface area contributed by atoms with E-state index in [0.29, 0.717) is 22.8 Å². The number of halogens is 1. The summed E-state index contributed by atoms with van der Waals surface area (Å²) in [5, 5.41) is 15.6. The minimum absolute atomic E-state index is 0.0480. The van der Waals surface area contributed by atoms with E-state index in [9.17, 15) is 14.7 Å². The Hall–Kier alpha value is -3.88. The van der Waals surface area contributed by atoms with Crippen LogP contribution < -0.4 is 15.4 Å². The number of aliphatic hydroxyl groups is 1. The third-order valence-electron chi connectivity index (χ3n) is 5.89. The van der Waals surface area contributed by atoms with Crippen LogP contribution in [-0.4, -0.2) is 51.1 Å². The zero-order valence-corrected chi connectivity index (χ0v) is 22.3. The number of aliphatic hydroxyl groups excluding tert-OH is 1. The highest BCUT2D eigenvalue weighted by molar-refractivity contribution is 6.32. The third-order valence-corrected chi connectivity index (χ3v) is 6.19. The molecule has 0 bridgehead atoms. The molecule has 2 amide bonds. The Morgan fingerprint density at radius 1 is 1.08 bits per heavy atom. The van der Waals surface area contributed by atoms with Crippen LogP contribution >= 0.6 is 11.6 Å². The predicted octanol–water partition coefficient (Wildman–Crippen LogP) is 4.28. The van der Waals surface area contributed by atoms with Gasteiger partial charge >= 0.3 is 0 Å². The number of rotatable bonds is 10. The Balaban J connectivity index is 1.48. The van der Waals surface area contributed by atoms with Crippen molar-refractivity contribution in [3.63, 3.8) is 0 Å². The molecule has 9 heteroatoms. The molecule has 198 valence electrons. The molecular formula is C29H31ClN4O4. The first-order chi connectivity index (χ1) is 18.2. The molecule has 2 aromatic heterocycles. The van der Waals surface area contributed by atoms with Crippen molar-refractivity contribution in [1.29, 1.82) is 0 Å².